The van der Waals surface area contributed by atoms with Gasteiger partial charge in [-0.3, -0.25) is 14.4 Å². The monoisotopic (exact) mass is 685 g/mol. The van der Waals surface area contributed by atoms with E-state index in [2.05, 4.69) is 17.4 Å². The Balaban J connectivity index is 1.22. The molecule has 0 aliphatic carbocycles. The average molecular weight is 686 g/mol. The third-order valence-corrected chi connectivity index (χ3v) is 9.60. The maximum Gasteiger partial charge on any atom is 0.306 e. The van der Waals surface area contributed by atoms with E-state index in [9.17, 15) is 14.4 Å². The molecular weight excluding hydrogens is 634 g/mol. The molecule has 0 saturated carbocycles. The maximum absolute atomic E-state index is 13.1. The number of fused-ring (bicyclic) bond motifs is 1. The number of aromatic nitrogens is 1. The lowest BCUT2D eigenvalue weighted by molar-refractivity contribution is -0.141. The second-order valence-corrected chi connectivity index (χ2v) is 13.5. The first-order valence-electron chi connectivity index (χ1n) is 17.0. The lowest BCUT2D eigenvalue weighted by Gasteiger charge is -2.34. The van der Waals surface area contributed by atoms with Gasteiger partial charge in [0.2, 0.25) is 5.91 Å². The van der Waals surface area contributed by atoms with E-state index in [0.29, 0.717) is 69.0 Å². The van der Waals surface area contributed by atoms with Gasteiger partial charge in [-0.1, -0.05) is 23.9 Å². The second kappa shape index (κ2) is 20.2. The van der Waals surface area contributed by atoms with Crippen LogP contribution in [0.1, 0.15) is 68.2 Å². The van der Waals surface area contributed by atoms with Crippen LogP contribution < -0.4 is 14.8 Å². The van der Waals surface area contributed by atoms with Crippen molar-refractivity contribution in [2.24, 2.45) is 5.92 Å². The molecular formula is C36H51N3O8S. The lowest BCUT2D eigenvalue weighted by Crippen LogP contribution is -2.39. The van der Waals surface area contributed by atoms with Crippen LogP contribution in [0.15, 0.2) is 30.3 Å². The van der Waals surface area contributed by atoms with Crippen molar-refractivity contribution >= 4 is 34.6 Å². The average Bonchev–Trinajstić information content (AvgIpc) is 3.11. The molecule has 2 aliphatic rings. The fourth-order valence-electron chi connectivity index (χ4n) is 6.18. The minimum atomic E-state index is -0.253. The van der Waals surface area contributed by atoms with Gasteiger partial charge in [0.15, 0.2) is 16.6 Å². The summed E-state index contributed by atoms with van der Waals surface area (Å²) in [5.74, 6) is 3.06. The van der Waals surface area contributed by atoms with E-state index in [1.54, 1.807) is 14.0 Å². The summed E-state index contributed by atoms with van der Waals surface area (Å²) in [5, 5.41) is 3.46. The number of benzene rings is 1. The van der Waals surface area contributed by atoms with E-state index in [4.69, 9.17) is 28.7 Å². The van der Waals surface area contributed by atoms with Crippen molar-refractivity contribution < 1.29 is 38.1 Å². The predicted octanol–water partition coefficient (Wildman–Crippen LogP) is 5.05. The molecule has 4 rings (SSSR count). The molecule has 0 radical (unpaired) electrons. The van der Waals surface area contributed by atoms with Crippen LogP contribution in [-0.2, 0) is 41.4 Å². The number of methoxy groups -OCH3 is 2. The molecule has 0 spiro atoms. The number of anilines is 1. The number of carbonyl (C=O) groups excluding carboxylic acids is 3. The first kappa shape index (κ1) is 37.5. The van der Waals surface area contributed by atoms with Gasteiger partial charge in [0.1, 0.15) is 12.4 Å². The SMILES string of the molecule is COC(=O)CC(CC1CCN(C(=O)CCc2ccc3c(n2)NCCC3)CC1)c1ccc(OCCOCCOCCSC(C)=O)c(OC)c1. The van der Waals surface area contributed by atoms with Crippen molar-refractivity contribution in [3.8, 4) is 11.5 Å². The number of carbonyl (C=O) groups is 3. The first-order valence-corrected chi connectivity index (χ1v) is 18.0. The number of amides is 1. The number of aryl methyl sites for hydroxylation is 2. The van der Waals surface area contributed by atoms with Gasteiger partial charge in [0.05, 0.1) is 47.1 Å². The number of rotatable bonds is 19. The van der Waals surface area contributed by atoms with Gasteiger partial charge >= 0.3 is 5.97 Å². The summed E-state index contributed by atoms with van der Waals surface area (Å²) < 4.78 is 27.7. The zero-order valence-corrected chi connectivity index (χ0v) is 29.4. The number of pyridine rings is 1. The van der Waals surface area contributed by atoms with Crippen LogP contribution in [0.25, 0.3) is 0 Å². The Bertz CT molecular complexity index is 1330. The molecule has 2 aromatic rings. The normalized spacial score (nSPS) is 15.3. The summed E-state index contributed by atoms with van der Waals surface area (Å²) in [6, 6.07) is 10.00. The smallest absolute Gasteiger partial charge is 0.306 e. The number of likely N-dealkylation sites (tertiary alicyclic amines) is 1. The summed E-state index contributed by atoms with van der Waals surface area (Å²) in [6.45, 7) is 6.08. The number of hydrogen-bond donors (Lipinski definition) is 1. The van der Waals surface area contributed by atoms with Gasteiger partial charge in [-0.2, -0.15) is 0 Å². The van der Waals surface area contributed by atoms with Gasteiger partial charge < -0.3 is 33.9 Å². The van der Waals surface area contributed by atoms with E-state index < -0.39 is 0 Å². The molecule has 1 aromatic heterocycles. The molecule has 2 aliphatic heterocycles. The summed E-state index contributed by atoms with van der Waals surface area (Å²) in [4.78, 5) is 43.1. The van der Waals surface area contributed by atoms with Crippen LogP contribution in [0, 0.1) is 5.92 Å². The summed E-state index contributed by atoms with van der Waals surface area (Å²) in [6.07, 6.45) is 6.15. The van der Waals surface area contributed by atoms with Crippen molar-refractivity contribution in [1.82, 2.24) is 9.88 Å². The quantitative estimate of drug-likeness (QED) is 0.158. The molecule has 0 bridgehead atoms. The number of ether oxygens (including phenoxy) is 5. The molecule has 264 valence electrons. The lowest BCUT2D eigenvalue weighted by atomic mass is 9.82. The predicted molar refractivity (Wildman–Crippen MR) is 186 cm³/mol. The second-order valence-electron chi connectivity index (χ2n) is 12.2. The molecule has 1 N–H and O–H groups in total. The number of thioether (sulfide) groups is 1. The van der Waals surface area contributed by atoms with Crippen LogP contribution in [0.3, 0.4) is 0 Å². The Morgan fingerprint density at radius 3 is 2.52 bits per heavy atom. The van der Waals surface area contributed by atoms with Crippen LogP contribution in [0.5, 0.6) is 11.5 Å². The van der Waals surface area contributed by atoms with Crippen molar-refractivity contribution in [3.63, 3.8) is 0 Å². The van der Waals surface area contributed by atoms with Crippen molar-refractivity contribution in [2.45, 2.75) is 64.2 Å². The largest absolute Gasteiger partial charge is 0.493 e. The molecule has 1 unspecified atom stereocenters. The Morgan fingerprint density at radius 2 is 1.77 bits per heavy atom. The Labute approximate surface area is 288 Å². The van der Waals surface area contributed by atoms with Crippen LogP contribution in [-0.4, -0.2) is 99.5 Å². The van der Waals surface area contributed by atoms with Gasteiger partial charge in [-0.15, -0.1) is 0 Å². The Kier molecular flexibility index (Phi) is 15.8. The van der Waals surface area contributed by atoms with E-state index >= 15 is 0 Å². The van der Waals surface area contributed by atoms with Gasteiger partial charge in [0.25, 0.3) is 0 Å². The van der Waals surface area contributed by atoms with E-state index in [1.165, 1.54) is 24.4 Å². The minimum absolute atomic E-state index is 0.0477. The van der Waals surface area contributed by atoms with Crippen molar-refractivity contribution in [1.29, 1.82) is 0 Å². The first-order chi connectivity index (χ1) is 23.4. The number of esters is 1. The fraction of sp³-hybridized carbons (Fsp3) is 0.611. The molecule has 3 heterocycles. The summed E-state index contributed by atoms with van der Waals surface area (Å²) in [7, 11) is 3.02. The standard InChI is InChI=1S/C36H51N3O8S/c1-26(40)48-22-21-46-18-17-45-19-20-47-32-10-7-29(24-33(32)43-2)30(25-35(42)44-3)23-27-12-15-39(16-13-27)34(41)11-9-31-8-6-28-5-4-14-37-36(28)38-31/h6-8,10,24,27,30H,4-5,9,11-23,25H2,1-3H3,(H,37,38). The summed E-state index contributed by atoms with van der Waals surface area (Å²) >= 11 is 1.25. The highest BCUT2D eigenvalue weighted by Gasteiger charge is 2.28. The van der Waals surface area contributed by atoms with Gasteiger partial charge in [-0.25, -0.2) is 4.98 Å². The minimum Gasteiger partial charge on any atom is -0.493 e. The zero-order valence-electron chi connectivity index (χ0n) is 28.6. The highest BCUT2D eigenvalue weighted by Crippen LogP contribution is 2.37. The number of piperidine rings is 1. The van der Waals surface area contributed by atoms with Crippen LogP contribution in [0.4, 0.5) is 5.82 Å². The third-order valence-electron chi connectivity index (χ3n) is 8.82. The van der Waals surface area contributed by atoms with E-state index in [1.807, 2.05) is 23.1 Å². The molecule has 1 amide bonds. The molecule has 1 atom stereocenters. The highest BCUT2D eigenvalue weighted by atomic mass is 32.2. The maximum atomic E-state index is 13.1. The van der Waals surface area contributed by atoms with Gasteiger partial charge in [-0.05, 0) is 79.7 Å². The Hall–Kier alpha value is -3.35. The van der Waals surface area contributed by atoms with Gasteiger partial charge in [0, 0.05) is 44.4 Å². The molecule has 11 nitrogen and oxygen atoms in total. The zero-order chi connectivity index (χ0) is 34.1. The number of nitrogens with one attached hydrogen (secondary N) is 1. The number of hydrogen-bond acceptors (Lipinski definition) is 11. The fourth-order valence-corrected chi connectivity index (χ4v) is 6.67. The van der Waals surface area contributed by atoms with Crippen molar-refractivity contribution in [2.75, 3.05) is 78.0 Å². The van der Waals surface area contributed by atoms with Crippen LogP contribution >= 0.6 is 11.8 Å². The van der Waals surface area contributed by atoms with Crippen molar-refractivity contribution in [3.05, 3.63) is 47.2 Å². The molecule has 12 heteroatoms. The molecule has 1 aromatic carbocycles. The molecule has 48 heavy (non-hydrogen) atoms. The summed E-state index contributed by atoms with van der Waals surface area (Å²) in [5.41, 5.74) is 3.20. The highest BCUT2D eigenvalue weighted by molar-refractivity contribution is 8.13. The van der Waals surface area contributed by atoms with Crippen LogP contribution in [0.2, 0.25) is 0 Å². The van der Waals surface area contributed by atoms with E-state index in [-0.39, 0.29) is 29.3 Å². The number of nitrogens with zero attached hydrogens (tertiary/aromatic N) is 2. The molecule has 1 saturated heterocycles. The third kappa shape index (κ3) is 12.3. The van der Waals surface area contributed by atoms with E-state index in [0.717, 1.165) is 68.8 Å². The Morgan fingerprint density at radius 1 is 1.00 bits per heavy atom. The topological polar surface area (TPSA) is 126 Å². The molecule has 1 fully saturated rings.